The number of hydrogen-bond donors (Lipinski definition) is 2. The third-order valence-corrected chi connectivity index (χ3v) is 6.06. The molecular weight excluding hydrogens is 374 g/mol. The molecular formula is C21H25N3O3S. The summed E-state index contributed by atoms with van der Waals surface area (Å²) in [5.74, 6) is -0.113. The van der Waals surface area contributed by atoms with Gasteiger partial charge >= 0.3 is 0 Å². The van der Waals surface area contributed by atoms with Crippen LogP contribution in [0.15, 0.2) is 35.4 Å². The van der Waals surface area contributed by atoms with Crippen molar-refractivity contribution in [3.05, 3.63) is 35.9 Å². The van der Waals surface area contributed by atoms with Gasteiger partial charge in [-0.1, -0.05) is 30.0 Å². The van der Waals surface area contributed by atoms with E-state index in [1.54, 1.807) is 6.07 Å². The molecule has 1 aromatic heterocycles. The van der Waals surface area contributed by atoms with E-state index in [1.165, 1.54) is 11.8 Å². The number of ether oxygens (including phenoxy) is 1. The zero-order valence-corrected chi connectivity index (χ0v) is 16.8. The van der Waals surface area contributed by atoms with Gasteiger partial charge in [0.05, 0.1) is 27.5 Å². The third kappa shape index (κ3) is 4.64. The molecule has 2 amide bonds. The molecule has 6 nitrogen and oxygen atoms in total. The van der Waals surface area contributed by atoms with Crippen molar-refractivity contribution in [2.24, 2.45) is 0 Å². The van der Waals surface area contributed by atoms with Crippen molar-refractivity contribution >= 4 is 34.5 Å². The molecule has 0 bridgehead atoms. The van der Waals surface area contributed by atoms with Gasteiger partial charge in [-0.2, -0.15) is 0 Å². The highest BCUT2D eigenvalue weighted by Gasteiger charge is 2.25. The fraction of sp³-hybridized carbons (Fsp3) is 0.476. The van der Waals surface area contributed by atoms with Crippen molar-refractivity contribution in [2.45, 2.75) is 55.0 Å². The highest BCUT2D eigenvalue weighted by atomic mass is 32.2. The second-order valence-corrected chi connectivity index (χ2v) is 8.77. The minimum Gasteiger partial charge on any atom is -0.376 e. The number of amides is 2. The van der Waals surface area contributed by atoms with Gasteiger partial charge in [-0.25, -0.2) is 4.98 Å². The lowest BCUT2D eigenvalue weighted by molar-refractivity contribution is -0.120. The summed E-state index contributed by atoms with van der Waals surface area (Å²) in [7, 11) is 0. The van der Waals surface area contributed by atoms with Crippen molar-refractivity contribution in [1.82, 2.24) is 15.6 Å². The standard InChI is InChI=1S/C21H25N3O3S/c1-13(20(25)22-12-15-5-4-10-27-15)28-19-11-17(21(26)23-14-8-9-14)16-6-2-3-7-18(16)24-19/h2-3,6-7,11,13-15H,4-5,8-10,12H2,1H3,(H,22,25)(H,23,26)/t13-,15+/m0/s1. The molecule has 1 aliphatic heterocycles. The van der Waals surface area contributed by atoms with E-state index in [1.807, 2.05) is 31.2 Å². The zero-order chi connectivity index (χ0) is 19.5. The maximum absolute atomic E-state index is 12.7. The molecule has 7 heteroatoms. The lowest BCUT2D eigenvalue weighted by Gasteiger charge is -2.15. The van der Waals surface area contributed by atoms with Crippen molar-refractivity contribution in [3.63, 3.8) is 0 Å². The van der Waals surface area contributed by atoms with Gasteiger partial charge in [0.1, 0.15) is 0 Å². The molecule has 1 saturated heterocycles. The molecule has 4 rings (SSSR count). The van der Waals surface area contributed by atoms with E-state index in [2.05, 4.69) is 15.6 Å². The maximum atomic E-state index is 12.7. The van der Waals surface area contributed by atoms with Crippen LogP contribution in [-0.4, -0.2) is 47.3 Å². The molecule has 1 aliphatic carbocycles. The van der Waals surface area contributed by atoms with Gasteiger partial charge in [0.15, 0.2) is 0 Å². The molecule has 2 aliphatic rings. The minimum absolute atomic E-state index is 0.0422. The summed E-state index contributed by atoms with van der Waals surface area (Å²) in [5, 5.41) is 7.21. The minimum atomic E-state index is -0.311. The number of carbonyl (C=O) groups is 2. The Morgan fingerprint density at radius 2 is 2.11 bits per heavy atom. The second-order valence-electron chi connectivity index (χ2n) is 7.41. The molecule has 1 saturated carbocycles. The summed E-state index contributed by atoms with van der Waals surface area (Å²) in [6, 6.07) is 9.72. The number of hydrogen-bond acceptors (Lipinski definition) is 5. The van der Waals surface area contributed by atoms with Crippen LogP contribution in [0.3, 0.4) is 0 Å². The van der Waals surface area contributed by atoms with E-state index >= 15 is 0 Å². The third-order valence-electron chi connectivity index (χ3n) is 5.04. The molecule has 0 radical (unpaired) electrons. The molecule has 1 aromatic carbocycles. The summed E-state index contributed by atoms with van der Waals surface area (Å²) in [4.78, 5) is 29.8. The van der Waals surface area contributed by atoms with E-state index in [9.17, 15) is 9.59 Å². The summed E-state index contributed by atoms with van der Waals surface area (Å²) < 4.78 is 5.55. The number of benzene rings is 1. The average Bonchev–Trinajstić information content (AvgIpc) is 3.35. The Labute approximate surface area is 168 Å². The fourth-order valence-corrected chi connectivity index (χ4v) is 4.18. The number of pyridine rings is 1. The Balaban J connectivity index is 1.47. The first kappa shape index (κ1) is 19.2. The lowest BCUT2D eigenvalue weighted by atomic mass is 10.1. The van der Waals surface area contributed by atoms with Crippen LogP contribution in [0.25, 0.3) is 10.9 Å². The Morgan fingerprint density at radius 3 is 2.86 bits per heavy atom. The number of fused-ring (bicyclic) bond motifs is 1. The van der Waals surface area contributed by atoms with Crippen molar-refractivity contribution in [2.75, 3.05) is 13.2 Å². The topological polar surface area (TPSA) is 80.3 Å². The lowest BCUT2D eigenvalue weighted by Crippen LogP contribution is -2.36. The number of para-hydroxylation sites is 1. The largest absolute Gasteiger partial charge is 0.376 e. The van der Waals surface area contributed by atoms with Crippen LogP contribution < -0.4 is 10.6 Å². The van der Waals surface area contributed by atoms with E-state index < -0.39 is 0 Å². The number of nitrogens with zero attached hydrogens (tertiary/aromatic N) is 1. The summed E-state index contributed by atoms with van der Waals surface area (Å²) in [6.07, 6.45) is 4.25. The molecule has 2 aromatic rings. The Bertz CT molecular complexity index is 878. The van der Waals surface area contributed by atoms with Crippen molar-refractivity contribution < 1.29 is 14.3 Å². The highest BCUT2D eigenvalue weighted by molar-refractivity contribution is 8.00. The Kier molecular flexibility index (Phi) is 5.82. The number of nitrogens with one attached hydrogen (secondary N) is 2. The second kappa shape index (κ2) is 8.49. The molecule has 0 spiro atoms. The predicted octanol–water partition coefficient (Wildman–Crippen LogP) is 2.90. The highest BCUT2D eigenvalue weighted by Crippen LogP contribution is 2.28. The van der Waals surface area contributed by atoms with Crippen LogP contribution in [0, 0.1) is 0 Å². The van der Waals surface area contributed by atoms with Gasteiger partial charge in [0.25, 0.3) is 5.91 Å². The maximum Gasteiger partial charge on any atom is 0.252 e. The van der Waals surface area contributed by atoms with Gasteiger partial charge in [0.2, 0.25) is 5.91 Å². The van der Waals surface area contributed by atoms with E-state index in [0.717, 1.165) is 43.2 Å². The predicted molar refractivity (Wildman–Crippen MR) is 110 cm³/mol. The molecule has 2 fully saturated rings. The summed E-state index contributed by atoms with van der Waals surface area (Å²) in [5.41, 5.74) is 1.38. The van der Waals surface area contributed by atoms with Crippen LogP contribution in [0.2, 0.25) is 0 Å². The van der Waals surface area contributed by atoms with Crippen molar-refractivity contribution in [1.29, 1.82) is 0 Å². The first-order valence-corrected chi connectivity index (χ1v) is 10.7. The van der Waals surface area contributed by atoms with Gasteiger partial charge < -0.3 is 15.4 Å². The quantitative estimate of drug-likeness (QED) is 0.700. The van der Waals surface area contributed by atoms with Gasteiger partial charge in [0, 0.05) is 24.6 Å². The first-order chi connectivity index (χ1) is 13.6. The van der Waals surface area contributed by atoms with Gasteiger partial charge in [-0.3, -0.25) is 9.59 Å². The van der Waals surface area contributed by atoms with Crippen molar-refractivity contribution in [3.8, 4) is 0 Å². The van der Waals surface area contributed by atoms with Crippen LogP contribution >= 0.6 is 11.8 Å². The first-order valence-electron chi connectivity index (χ1n) is 9.87. The molecule has 148 valence electrons. The fourth-order valence-electron chi connectivity index (χ4n) is 3.29. The number of thioether (sulfide) groups is 1. The van der Waals surface area contributed by atoms with E-state index in [0.29, 0.717) is 17.1 Å². The smallest absolute Gasteiger partial charge is 0.252 e. The van der Waals surface area contributed by atoms with Crippen LogP contribution in [0.4, 0.5) is 0 Å². The molecule has 2 N–H and O–H groups in total. The average molecular weight is 400 g/mol. The Hall–Kier alpha value is -2.12. The molecule has 2 heterocycles. The molecule has 0 unspecified atom stereocenters. The van der Waals surface area contributed by atoms with Crippen LogP contribution in [0.5, 0.6) is 0 Å². The van der Waals surface area contributed by atoms with Crippen LogP contribution in [-0.2, 0) is 9.53 Å². The SMILES string of the molecule is C[C@H](Sc1cc(C(=O)NC2CC2)c2ccccc2n1)C(=O)NC[C@H]1CCCO1. The van der Waals surface area contributed by atoms with Gasteiger partial charge in [-0.05, 0) is 44.7 Å². The summed E-state index contributed by atoms with van der Waals surface area (Å²) in [6.45, 7) is 3.18. The van der Waals surface area contributed by atoms with Crippen LogP contribution in [0.1, 0.15) is 43.0 Å². The number of carbonyl (C=O) groups excluding carboxylic acids is 2. The Morgan fingerprint density at radius 1 is 1.29 bits per heavy atom. The molecule has 2 atom stereocenters. The molecule has 28 heavy (non-hydrogen) atoms. The summed E-state index contributed by atoms with van der Waals surface area (Å²) >= 11 is 1.37. The number of aromatic nitrogens is 1. The van der Waals surface area contributed by atoms with E-state index in [4.69, 9.17) is 4.74 Å². The van der Waals surface area contributed by atoms with E-state index in [-0.39, 0.29) is 29.2 Å². The monoisotopic (exact) mass is 399 g/mol. The van der Waals surface area contributed by atoms with Gasteiger partial charge in [-0.15, -0.1) is 0 Å². The number of rotatable bonds is 7. The zero-order valence-electron chi connectivity index (χ0n) is 15.9. The normalized spacial score (nSPS) is 20.1.